The van der Waals surface area contributed by atoms with Gasteiger partial charge in [-0.05, 0) is 60.4 Å². The van der Waals surface area contributed by atoms with Gasteiger partial charge in [0.15, 0.2) is 0 Å². The molecule has 0 N–H and O–H groups in total. The first-order chi connectivity index (χ1) is 14.7. The molecule has 0 aliphatic heterocycles. The van der Waals surface area contributed by atoms with E-state index in [9.17, 15) is 4.39 Å². The summed E-state index contributed by atoms with van der Waals surface area (Å²) in [6.45, 7) is 2.60. The largest absolute Gasteiger partial charge is 0.497 e. The van der Waals surface area contributed by atoms with Crippen molar-refractivity contribution < 1.29 is 9.13 Å². The minimum absolute atomic E-state index is 0.187. The predicted octanol–water partition coefficient (Wildman–Crippen LogP) is 6.02. The third-order valence-corrected chi connectivity index (χ3v) is 6.17. The Balaban J connectivity index is 1.53. The van der Waals surface area contributed by atoms with Crippen LogP contribution in [0.2, 0.25) is 0 Å². The van der Waals surface area contributed by atoms with E-state index in [0.29, 0.717) is 6.04 Å². The van der Waals surface area contributed by atoms with Crippen molar-refractivity contribution in [1.82, 2.24) is 9.47 Å². The van der Waals surface area contributed by atoms with E-state index in [-0.39, 0.29) is 5.82 Å². The van der Waals surface area contributed by atoms with Crippen molar-refractivity contribution in [2.24, 2.45) is 0 Å². The van der Waals surface area contributed by atoms with Crippen molar-refractivity contribution in [2.45, 2.75) is 57.8 Å². The molecule has 3 aromatic rings. The molecule has 4 heteroatoms. The zero-order valence-electron chi connectivity index (χ0n) is 17.8. The van der Waals surface area contributed by atoms with E-state index in [2.05, 4.69) is 46.0 Å². The first-order valence-corrected chi connectivity index (χ1v) is 11.0. The number of aromatic nitrogens is 1. The lowest BCUT2D eigenvalue weighted by Crippen LogP contribution is -2.36. The summed E-state index contributed by atoms with van der Waals surface area (Å²) in [4.78, 5) is 2.63. The van der Waals surface area contributed by atoms with Gasteiger partial charge in [-0.2, -0.15) is 0 Å². The van der Waals surface area contributed by atoms with Gasteiger partial charge in [0.05, 0.1) is 7.11 Å². The van der Waals surface area contributed by atoms with Crippen LogP contribution in [0.15, 0.2) is 66.9 Å². The van der Waals surface area contributed by atoms with Gasteiger partial charge in [-0.3, -0.25) is 4.90 Å². The average Bonchev–Trinajstić information content (AvgIpc) is 3.22. The van der Waals surface area contributed by atoms with Crippen LogP contribution >= 0.6 is 0 Å². The first-order valence-electron chi connectivity index (χ1n) is 11.0. The van der Waals surface area contributed by atoms with Gasteiger partial charge >= 0.3 is 0 Å². The standard InChI is InChI=1S/C26H31FN2O/c1-30-26-11-5-7-22(17-26)19-29(24-8-3-2-4-9-24)20-25-10-6-16-28(25)18-21-12-14-23(27)15-13-21/h5-7,10-17,24H,2-4,8-9,18-20H2,1H3. The highest BCUT2D eigenvalue weighted by atomic mass is 19.1. The van der Waals surface area contributed by atoms with Crippen molar-refractivity contribution in [3.63, 3.8) is 0 Å². The summed E-state index contributed by atoms with van der Waals surface area (Å²) < 4.78 is 21.0. The molecule has 1 heterocycles. The quantitative estimate of drug-likeness (QED) is 0.455. The van der Waals surface area contributed by atoms with Crippen LogP contribution in [0.3, 0.4) is 0 Å². The highest BCUT2D eigenvalue weighted by Crippen LogP contribution is 2.27. The fraction of sp³-hybridized carbons (Fsp3) is 0.385. The number of hydrogen-bond donors (Lipinski definition) is 0. The van der Waals surface area contributed by atoms with Gasteiger partial charge < -0.3 is 9.30 Å². The van der Waals surface area contributed by atoms with Crippen LogP contribution in [-0.4, -0.2) is 22.6 Å². The van der Waals surface area contributed by atoms with Gasteiger partial charge in [-0.25, -0.2) is 4.39 Å². The van der Waals surface area contributed by atoms with Crippen LogP contribution in [0.4, 0.5) is 4.39 Å². The topological polar surface area (TPSA) is 17.4 Å². The molecule has 1 aliphatic carbocycles. The van der Waals surface area contributed by atoms with Crippen molar-refractivity contribution in [3.05, 3.63) is 89.5 Å². The lowest BCUT2D eigenvalue weighted by Gasteiger charge is -2.34. The van der Waals surface area contributed by atoms with Crippen LogP contribution in [0.25, 0.3) is 0 Å². The van der Waals surface area contributed by atoms with Crippen LogP contribution in [0.5, 0.6) is 5.75 Å². The normalized spacial score (nSPS) is 14.9. The van der Waals surface area contributed by atoms with Crippen molar-refractivity contribution in [3.8, 4) is 5.75 Å². The SMILES string of the molecule is COc1cccc(CN(Cc2cccn2Cc2ccc(F)cc2)C2CCCCC2)c1. The summed E-state index contributed by atoms with van der Waals surface area (Å²) in [6, 6.07) is 20.2. The molecule has 30 heavy (non-hydrogen) atoms. The molecule has 0 amide bonds. The van der Waals surface area contributed by atoms with E-state index >= 15 is 0 Å². The van der Waals surface area contributed by atoms with Gasteiger partial charge in [0.2, 0.25) is 0 Å². The Morgan fingerprint density at radius 2 is 1.73 bits per heavy atom. The summed E-state index contributed by atoms with van der Waals surface area (Å²) in [6.07, 6.45) is 8.64. The molecule has 0 radical (unpaired) electrons. The molecule has 0 saturated heterocycles. The maximum Gasteiger partial charge on any atom is 0.123 e. The fourth-order valence-electron chi connectivity index (χ4n) is 4.51. The highest BCUT2D eigenvalue weighted by molar-refractivity contribution is 5.28. The molecule has 1 aromatic heterocycles. The molecule has 0 atom stereocenters. The smallest absolute Gasteiger partial charge is 0.123 e. The second-order valence-electron chi connectivity index (χ2n) is 8.30. The van der Waals surface area contributed by atoms with Crippen LogP contribution < -0.4 is 4.74 Å². The minimum atomic E-state index is -0.187. The molecule has 3 nitrogen and oxygen atoms in total. The molecule has 1 saturated carbocycles. The van der Waals surface area contributed by atoms with Gasteiger partial charge in [0.25, 0.3) is 0 Å². The average molecular weight is 407 g/mol. The zero-order valence-corrected chi connectivity index (χ0v) is 17.8. The second-order valence-corrected chi connectivity index (χ2v) is 8.30. The van der Waals surface area contributed by atoms with Crippen LogP contribution in [0, 0.1) is 5.82 Å². The van der Waals surface area contributed by atoms with Gasteiger partial charge in [0.1, 0.15) is 11.6 Å². The molecular weight excluding hydrogens is 375 g/mol. The zero-order chi connectivity index (χ0) is 20.8. The molecule has 4 rings (SSSR count). The number of rotatable bonds is 8. The molecule has 2 aromatic carbocycles. The van der Waals surface area contributed by atoms with Crippen LogP contribution in [-0.2, 0) is 19.6 Å². The number of ether oxygens (including phenoxy) is 1. The molecular formula is C26H31FN2O. The lowest BCUT2D eigenvalue weighted by molar-refractivity contribution is 0.136. The highest BCUT2D eigenvalue weighted by Gasteiger charge is 2.22. The predicted molar refractivity (Wildman–Crippen MR) is 119 cm³/mol. The Kier molecular flexibility index (Phi) is 6.85. The molecule has 158 valence electrons. The van der Waals surface area contributed by atoms with Gasteiger partial charge in [0, 0.05) is 37.6 Å². The number of methoxy groups -OCH3 is 1. The van der Waals surface area contributed by atoms with Crippen molar-refractivity contribution >= 4 is 0 Å². The molecule has 0 bridgehead atoms. The Morgan fingerprint density at radius 3 is 2.50 bits per heavy atom. The fourth-order valence-corrected chi connectivity index (χ4v) is 4.51. The molecule has 0 unspecified atom stereocenters. The Morgan fingerprint density at radius 1 is 0.933 bits per heavy atom. The number of halogens is 1. The van der Waals surface area contributed by atoms with E-state index in [4.69, 9.17) is 4.74 Å². The van der Waals surface area contributed by atoms with Crippen LogP contribution in [0.1, 0.15) is 48.9 Å². The monoisotopic (exact) mass is 406 g/mol. The Bertz CT molecular complexity index is 928. The second kappa shape index (κ2) is 9.94. The molecule has 0 spiro atoms. The third kappa shape index (κ3) is 5.31. The lowest BCUT2D eigenvalue weighted by atomic mass is 9.93. The minimum Gasteiger partial charge on any atom is -0.497 e. The maximum absolute atomic E-state index is 13.3. The summed E-state index contributed by atoms with van der Waals surface area (Å²) in [5.74, 6) is 0.726. The summed E-state index contributed by atoms with van der Waals surface area (Å²) in [5.41, 5.74) is 3.70. The Hall–Kier alpha value is -2.59. The van der Waals surface area contributed by atoms with Gasteiger partial charge in [-0.1, -0.05) is 43.5 Å². The van der Waals surface area contributed by atoms with Crippen molar-refractivity contribution in [1.29, 1.82) is 0 Å². The maximum atomic E-state index is 13.3. The number of benzene rings is 2. The van der Waals surface area contributed by atoms with E-state index in [0.717, 1.165) is 30.9 Å². The van der Waals surface area contributed by atoms with E-state index in [1.807, 2.05) is 18.2 Å². The van der Waals surface area contributed by atoms with E-state index in [1.165, 1.54) is 55.5 Å². The Labute approximate surface area is 179 Å². The van der Waals surface area contributed by atoms with Gasteiger partial charge in [-0.15, -0.1) is 0 Å². The summed E-state index contributed by atoms with van der Waals surface area (Å²) in [7, 11) is 1.72. The first kappa shape index (κ1) is 20.7. The van der Waals surface area contributed by atoms with E-state index < -0.39 is 0 Å². The third-order valence-electron chi connectivity index (χ3n) is 6.17. The number of hydrogen-bond acceptors (Lipinski definition) is 2. The molecule has 1 fully saturated rings. The summed E-state index contributed by atoms with van der Waals surface area (Å²) in [5, 5.41) is 0. The molecule has 1 aliphatic rings. The number of nitrogens with zero attached hydrogens (tertiary/aromatic N) is 2. The van der Waals surface area contributed by atoms with Crippen molar-refractivity contribution in [2.75, 3.05) is 7.11 Å². The van der Waals surface area contributed by atoms with E-state index in [1.54, 1.807) is 7.11 Å². The summed E-state index contributed by atoms with van der Waals surface area (Å²) >= 11 is 0.